The minimum atomic E-state index is -0.298. The lowest BCUT2D eigenvalue weighted by molar-refractivity contribution is -0.131. The van der Waals surface area contributed by atoms with Gasteiger partial charge in [0.1, 0.15) is 17.3 Å². The number of nitrogens with zero attached hydrogens (tertiary/aromatic N) is 1. The summed E-state index contributed by atoms with van der Waals surface area (Å²) in [6.45, 7) is 3.82. The molecule has 1 aromatic heterocycles. The highest BCUT2D eigenvalue weighted by Crippen LogP contribution is 2.30. The molecular formula is C20H24FNO2. The number of aryl methyl sites for hydroxylation is 1. The van der Waals surface area contributed by atoms with Crippen molar-refractivity contribution in [3.05, 3.63) is 48.0 Å². The van der Waals surface area contributed by atoms with Crippen molar-refractivity contribution in [1.82, 2.24) is 4.90 Å². The van der Waals surface area contributed by atoms with Gasteiger partial charge in [0.15, 0.2) is 0 Å². The summed E-state index contributed by atoms with van der Waals surface area (Å²) in [5.74, 6) is 1.83. The SMILES string of the molecule is CCCN(CC1CC1)C(=O)CCc1ccc(-c2ccccc2F)o1. The lowest BCUT2D eigenvalue weighted by atomic mass is 10.1. The van der Waals surface area contributed by atoms with Gasteiger partial charge in [0, 0.05) is 25.9 Å². The molecule has 0 spiro atoms. The Kier molecular flexibility index (Phi) is 5.34. The fourth-order valence-corrected chi connectivity index (χ4v) is 2.91. The molecule has 0 unspecified atom stereocenters. The Morgan fingerprint density at radius 1 is 1.25 bits per heavy atom. The van der Waals surface area contributed by atoms with Crippen molar-refractivity contribution in [3.8, 4) is 11.3 Å². The molecule has 128 valence electrons. The second-order valence-electron chi connectivity index (χ2n) is 6.53. The third-order valence-electron chi connectivity index (χ3n) is 4.41. The average molecular weight is 329 g/mol. The van der Waals surface area contributed by atoms with Gasteiger partial charge in [0.05, 0.1) is 5.56 Å². The molecule has 0 saturated heterocycles. The average Bonchev–Trinajstić information content (AvgIpc) is 3.28. The van der Waals surface area contributed by atoms with Crippen LogP contribution in [-0.2, 0) is 11.2 Å². The number of hydrogen-bond acceptors (Lipinski definition) is 2. The maximum atomic E-state index is 13.8. The highest BCUT2D eigenvalue weighted by molar-refractivity contribution is 5.76. The van der Waals surface area contributed by atoms with E-state index in [0.29, 0.717) is 30.1 Å². The van der Waals surface area contributed by atoms with E-state index in [0.717, 1.165) is 25.3 Å². The summed E-state index contributed by atoms with van der Waals surface area (Å²) < 4.78 is 19.5. The molecule has 0 N–H and O–H groups in total. The minimum Gasteiger partial charge on any atom is -0.461 e. The summed E-state index contributed by atoms with van der Waals surface area (Å²) in [6, 6.07) is 10.2. The smallest absolute Gasteiger partial charge is 0.223 e. The van der Waals surface area contributed by atoms with Crippen LogP contribution in [-0.4, -0.2) is 23.9 Å². The zero-order valence-electron chi connectivity index (χ0n) is 14.1. The number of rotatable bonds is 8. The van der Waals surface area contributed by atoms with Crippen LogP contribution < -0.4 is 0 Å². The predicted octanol–water partition coefficient (Wildman–Crippen LogP) is 4.67. The topological polar surface area (TPSA) is 33.5 Å². The second-order valence-corrected chi connectivity index (χ2v) is 6.53. The Labute approximate surface area is 142 Å². The van der Waals surface area contributed by atoms with Gasteiger partial charge in [-0.15, -0.1) is 0 Å². The van der Waals surface area contributed by atoms with E-state index in [1.54, 1.807) is 24.3 Å². The predicted molar refractivity (Wildman–Crippen MR) is 92.0 cm³/mol. The van der Waals surface area contributed by atoms with Crippen LogP contribution in [0.1, 0.15) is 38.4 Å². The van der Waals surface area contributed by atoms with Crippen molar-refractivity contribution in [3.63, 3.8) is 0 Å². The molecule has 1 heterocycles. The maximum Gasteiger partial charge on any atom is 0.223 e. The molecule has 1 aliphatic carbocycles. The Bertz CT molecular complexity index is 690. The van der Waals surface area contributed by atoms with Gasteiger partial charge in [-0.25, -0.2) is 4.39 Å². The van der Waals surface area contributed by atoms with Crippen LogP contribution in [0.25, 0.3) is 11.3 Å². The van der Waals surface area contributed by atoms with E-state index in [1.807, 2.05) is 11.0 Å². The fourth-order valence-electron chi connectivity index (χ4n) is 2.91. The molecule has 0 aliphatic heterocycles. The molecular weight excluding hydrogens is 305 g/mol. The molecule has 1 saturated carbocycles. The van der Waals surface area contributed by atoms with Crippen LogP contribution in [0.4, 0.5) is 4.39 Å². The second kappa shape index (κ2) is 7.65. The van der Waals surface area contributed by atoms with E-state index in [-0.39, 0.29) is 11.7 Å². The number of carbonyl (C=O) groups excluding carboxylic acids is 1. The molecule has 2 aromatic rings. The van der Waals surface area contributed by atoms with Crippen LogP contribution in [0, 0.1) is 11.7 Å². The number of hydrogen-bond donors (Lipinski definition) is 0. The maximum absolute atomic E-state index is 13.8. The number of amides is 1. The van der Waals surface area contributed by atoms with Crippen molar-refractivity contribution in [2.45, 2.75) is 39.0 Å². The molecule has 1 fully saturated rings. The van der Waals surface area contributed by atoms with Crippen molar-refractivity contribution in [2.75, 3.05) is 13.1 Å². The Morgan fingerprint density at radius 3 is 2.75 bits per heavy atom. The normalized spacial score (nSPS) is 13.9. The number of furan rings is 1. The van der Waals surface area contributed by atoms with Crippen molar-refractivity contribution in [2.24, 2.45) is 5.92 Å². The van der Waals surface area contributed by atoms with Gasteiger partial charge < -0.3 is 9.32 Å². The van der Waals surface area contributed by atoms with Crippen LogP contribution in [0.2, 0.25) is 0 Å². The largest absolute Gasteiger partial charge is 0.461 e. The van der Waals surface area contributed by atoms with Crippen LogP contribution in [0.5, 0.6) is 0 Å². The summed E-state index contributed by atoms with van der Waals surface area (Å²) in [7, 11) is 0. The molecule has 0 bridgehead atoms. The first kappa shape index (κ1) is 16.7. The first-order valence-corrected chi connectivity index (χ1v) is 8.78. The quantitative estimate of drug-likeness (QED) is 0.705. The van der Waals surface area contributed by atoms with Crippen molar-refractivity contribution < 1.29 is 13.6 Å². The molecule has 3 rings (SSSR count). The summed E-state index contributed by atoms with van der Waals surface area (Å²) in [6.07, 6.45) is 4.47. The van der Waals surface area contributed by atoms with E-state index in [4.69, 9.17) is 4.42 Å². The summed E-state index contributed by atoms with van der Waals surface area (Å²) in [5.41, 5.74) is 0.455. The fraction of sp³-hybridized carbons (Fsp3) is 0.450. The van der Waals surface area contributed by atoms with Gasteiger partial charge in [0.25, 0.3) is 0 Å². The number of halogens is 1. The highest BCUT2D eigenvalue weighted by Gasteiger charge is 2.26. The Hall–Kier alpha value is -2.10. The zero-order valence-corrected chi connectivity index (χ0v) is 14.1. The van der Waals surface area contributed by atoms with Gasteiger partial charge in [-0.05, 0) is 49.4 Å². The van der Waals surface area contributed by atoms with E-state index in [1.165, 1.54) is 18.9 Å². The third kappa shape index (κ3) is 4.25. The van der Waals surface area contributed by atoms with Crippen LogP contribution >= 0.6 is 0 Å². The molecule has 1 aliphatic rings. The van der Waals surface area contributed by atoms with E-state index in [2.05, 4.69) is 6.92 Å². The van der Waals surface area contributed by atoms with E-state index >= 15 is 0 Å². The van der Waals surface area contributed by atoms with Gasteiger partial charge in [-0.3, -0.25) is 4.79 Å². The van der Waals surface area contributed by atoms with Gasteiger partial charge >= 0.3 is 0 Å². The Morgan fingerprint density at radius 2 is 2.04 bits per heavy atom. The Balaban J connectivity index is 1.58. The zero-order chi connectivity index (χ0) is 16.9. The number of carbonyl (C=O) groups is 1. The molecule has 0 radical (unpaired) electrons. The van der Waals surface area contributed by atoms with Crippen LogP contribution in [0.3, 0.4) is 0 Å². The van der Waals surface area contributed by atoms with Crippen molar-refractivity contribution >= 4 is 5.91 Å². The molecule has 24 heavy (non-hydrogen) atoms. The van der Waals surface area contributed by atoms with Gasteiger partial charge in [0.2, 0.25) is 5.91 Å². The summed E-state index contributed by atoms with van der Waals surface area (Å²) in [4.78, 5) is 14.4. The number of benzene rings is 1. The standard InChI is InChI=1S/C20H24FNO2/c1-2-13-22(14-15-7-8-15)20(23)12-10-16-9-11-19(24-16)17-5-3-4-6-18(17)21/h3-6,9,11,15H,2,7-8,10,12-14H2,1H3. The molecule has 4 heteroatoms. The molecule has 3 nitrogen and oxygen atoms in total. The monoisotopic (exact) mass is 329 g/mol. The molecule has 1 amide bonds. The van der Waals surface area contributed by atoms with E-state index < -0.39 is 0 Å². The van der Waals surface area contributed by atoms with Gasteiger partial charge in [-0.1, -0.05) is 19.1 Å². The lowest BCUT2D eigenvalue weighted by Crippen LogP contribution is -2.33. The lowest BCUT2D eigenvalue weighted by Gasteiger charge is -2.21. The first-order valence-electron chi connectivity index (χ1n) is 8.78. The van der Waals surface area contributed by atoms with E-state index in [9.17, 15) is 9.18 Å². The summed E-state index contributed by atoms with van der Waals surface area (Å²) >= 11 is 0. The van der Waals surface area contributed by atoms with Gasteiger partial charge in [-0.2, -0.15) is 0 Å². The molecule has 0 atom stereocenters. The van der Waals surface area contributed by atoms with Crippen LogP contribution in [0.15, 0.2) is 40.8 Å². The third-order valence-corrected chi connectivity index (χ3v) is 4.41. The molecule has 1 aromatic carbocycles. The van der Waals surface area contributed by atoms with Crippen molar-refractivity contribution in [1.29, 1.82) is 0 Å². The minimum absolute atomic E-state index is 0.188. The highest BCUT2D eigenvalue weighted by atomic mass is 19.1. The summed E-state index contributed by atoms with van der Waals surface area (Å²) in [5, 5.41) is 0. The first-order chi connectivity index (χ1) is 11.7.